The van der Waals surface area contributed by atoms with Crippen LogP contribution in [0.2, 0.25) is 0 Å². The standard InChI is InChI=1S/C10H17NO2/c1-4-8(2)10(12)11-5-6-13-7-9(11)3/h4,9H,5-7H2,1-3H3/b8-4-/t9-/m1/s1. The highest BCUT2D eigenvalue weighted by molar-refractivity contribution is 5.93. The Bertz CT molecular complexity index is 223. The fraction of sp³-hybridized carbons (Fsp3) is 0.700. The Kier molecular flexibility index (Phi) is 3.48. The average Bonchev–Trinajstić information content (AvgIpc) is 2.16. The van der Waals surface area contributed by atoms with Gasteiger partial charge in [-0.3, -0.25) is 4.79 Å². The van der Waals surface area contributed by atoms with E-state index in [-0.39, 0.29) is 11.9 Å². The van der Waals surface area contributed by atoms with Crippen LogP contribution >= 0.6 is 0 Å². The molecule has 1 aliphatic rings. The zero-order valence-corrected chi connectivity index (χ0v) is 8.54. The maximum Gasteiger partial charge on any atom is 0.249 e. The summed E-state index contributed by atoms with van der Waals surface area (Å²) in [6.07, 6.45) is 1.85. The van der Waals surface area contributed by atoms with Crippen LogP contribution in [0, 0.1) is 0 Å². The van der Waals surface area contributed by atoms with E-state index < -0.39 is 0 Å². The highest BCUT2D eigenvalue weighted by atomic mass is 16.5. The van der Waals surface area contributed by atoms with Crippen LogP contribution in [0.5, 0.6) is 0 Å². The molecule has 0 spiro atoms. The van der Waals surface area contributed by atoms with E-state index in [4.69, 9.17) is 4.74 Å². The van der Waals surface area contributed by atoms with Crippen LogP contribution in [-0.2, 0) is 9.53 Å². The summed E-state index contributed by atoms with van der Waals surface area (Å²) in [5.74, 6) is 0.137. The number of ether oxygens (including phenoxy) is 1. The van der Waals surface area contributed by atoms with Gasteiger partial charge < -0.3 is 9.64 Å². The first-order valence-corrected chi connectivity index (χ1v) is 4.68. The molecule has 0 unspecified atom stereocenters. The molecule has 1 amide bonds. The molecule has 1 atom stereocenters. The van der Waals surface area contributed by atoms with Gasteiger partial charge in [0.15, 0.2) is 0 Å². The Morgan fingerprint density at radius 2 is 2.31 bits per heavy atom. The monoisotopic (exact) mass is 183 g/mol. The quantitative estimate of drug-likeness (QED) is 0.572. The van der Waals surface area contributed by atoms with E-state index in [0.717, 1.165) is 5.57 Å². The summed E-state index contributed by atoms with van der Waals surface area (Å²) in [7, 11) is 0. The minimum atomic E-state index is 0.137. The van der Waals surface area contributed by atoms with Crippen molar-refractivity contribution in [2.24, 2.45) is 0 Å². The largest absolute Gasteiger partial charge is 0.377 e. The highest BCUT2D eigenvalue weighted by Crippen LogP contribution is 2.10. The summed E-state index contributed by atoms with van der Waals surface area (Å²) in [6, 6.07) is 0.205. The number of carbonyl (C=O) groups is 1. The molecule has 1 fully saturated rings. The molecule has 0 aromatic carbocycles. The third-order valence-electron chi connectivity index (χ3n) is 2.40. The molecule has 1 rings (SSSR count). The zero-order chi connectivity index (χ0) is 9.84. The van der Waals surface area contributed by atoms with Crippen molar-refractivity contribution in [1.29, 1.82) is 0 Å². The Balaban J connectivity index is 2.64. The third kappa shape index (κ3) is 2.31. The molecule has 0 radical (unpaired) electrons. The topological polar surface area (TPSA) is 29.5 Å². The molecule has 1 aliphatic heterocycles. The molecular formula is C10H17NO2. The van der Waals surface area contributed by atoms with E-state index in [9.17, 15) is 4.79 Å². The van der Waals surface area contributed by atoms with E-state index in [1.54, 1.807) is 0 Å². The lowest BCUT2D eigenvalue weighted by atomic mass is 10.2. The van der Waals surface area contributed by atoms with Crippen molar-refractivity contribution < 1.29 is 9.53 Å². The number of amides is 1. The maximum atomic E-state index is 11.7. The molecular weight excluding hydrogens is 166 g/mol. The summed E-state index contributed by atoms with van der Waals surface area (Å²) in [5.41, 5.74) is 0.814. The first kappa shape index (κ1) is 10.3. The Labute approximate surface area is 79.4 Å². The second-order valence-electron chi connectivity index (χ2n) is 3.39. The molecule has 0 bridgehead atoms. The first-order chi connectivity index (χ1) is 6.16. The van der Waals surface area contributed by atoms with Gasteiger partial charge in [0, 0.05) is 12.1 Å². The molecule has 1 heterocycles. The minimum absolute atomic E-state index is 0.137. The summed E-state index contributed by atoms with van der Waals surface area (Å²) in [4.78, 5) is 13.6. The highest BCUT2D eigenvalue weighted by Gasteiger charge is 2.23. The van der Waals surface area contributed by atoms with E-state index in [1.165, 1.54) is 0 Å². The molecule has 74 valence electrons. The van der Waals surface area contributed by atoms with Gasteiger partial charge in [-0.2, -0.15) is 0 Å². The van der Waals surface area contributed by atoms with Gasteiger partial charge in [-0.25, -0.2) is 0 Å². The predicted molar refractivity (Wildman–Crippen MR) is 51.4 cm³/mol. The lowest BCUT2D eigenvalue weighted by Crippen LogP contribution is -2.47. The summed E-state index contributed by atoms with van der Waals surface area (Å²) in [6.45, 7) is 7.78. The number of allylic oxidation sites excluding steroid dienone is 1. The van der Waals surface area contributed by atoms with E-state index in [2.05, 4.69) is 0 Å². The van der Waals surface area contributed by atoms with Crippen molar-refractivity contribution in [2.75, 3.05) is 19.8 Å². The van der Waals surface area contributed by atoms with Gasteiger partial charge in [0.1, 0.15) is 0 Å². The molecule has 3 heteroatoms. The van der Waals surface area contributed by atoms with E-state index in [1.807, 2.05) is 31.7 Å². The van der Waals surface area contributed by atoms with E-state index >= 15 is 0 Å². The van der Waals surface area contributed by atoms with E-state index in [0.29, 0.717) is 19.8 Å². The number of hydrogen-bond acceptors (Lipinski definition) is 2. The van der Waals surface area contributed by atoms with Crippen molar-refractivity contribution in [3.8, 4) is 0 Å². The van der Waals surface area contributed by atoms with Gasteiger partial charge in [-0.1, -0.05) is 6.08 Å². The van der Waals surface area contributed by atoms with Crippen LogP contribution in [0.15, 0.2) is 11.6 Å². The van der Waals surface area contributed by atoms with Crippen LogP contribution in [0.1, 0.15) is 20.8 Å². The summed E-state index contributed by atoms with van der Waals surface area (Å²) in [5, 5.41) is 0. The molecule has 0 N–H and O–H groups in total. The average molecular weight is 183 g/mol. The SMILES string of the molecule is C/C=C(/C)C(=O)N1CCOC[C@H]1C. The van der Waals surface area contributed by atoms with Crippen molar-refractivity contribution in [3.05, 3.63) is 11.6 Å². The molecule has 3 nitrogen and oxygen atoms in total. The van der Waals surface area contributed by atoms with Gasteiger partial charge in [-0.15, -0.1) is 0 Å². The maximum absolute atomic E-state index is 11.7. The van der Waals surface area contributed by atoms with Crippen molar-refractivity contribution in [1.82, 2.24) is 4.90 Å². The van der Waals surface area contributed by atoms with Crippen LogP contribution in [0.3, 0.4) is 0 Å². The lowest BCUT2D eigenvalue weighted by molar-refractivity contribution is -0.134. The third-order valence-corrected chi connectivity index (χ3v) is 2.40. The van der Waals surface area contributed by atoms with Crippen LogP contribution in [0.4, 0.5) is 0 Å². The lowest BCUT2D eigenvalue weighted by Gasteiger charge is -2.33. The van der Waals surface area contributed by atoms with Crippen molar-refractivity contribution in [3.63, 3.8) is 0 Å². The summed E-state index contributed by atoms with van der Waals surface area (Å²) >= 11 is 0. The fourth-order valence-corrected chi connectivity index (χ4v) is 1.38. The van der Waals surface area contributed by atoms with Crippen LogP contribution < -0.4 is 0 Å². The first-order valence-electron chi connectivity index (χ1n) is 4.68. The molecule has 0 saturated carbocycles. The van der Waals surface area contributed by atoms with Crippen molar-refractivity contribution >= 4 is 5.91 Å². The van der Waals surface area contributed by atoms with Gasteiger partial charge in [0.05, 0.1) is 19.3 Å². The number of rotatable bonds is 1. The number of nitrogens with zero attached hydrogens (tertiary/aromatic N) is 1. The van der Waals surface area contributed by atoms with Crippen LogP contribution in [-0.4, -0.2) is 36.6 Å². The van der Waals surface area contributed by atoms with Crippen LogP contribution in [0.25, 0.3) is 0 Å². The molecule has 0 aromatic heterocycles. The molecule has 0 aromatic rings. The smallest absolute Gasteiger partial charge is 0.249 e. The predicted octanol–water partition coefficient (Wildman–Crippen LogP) is 1.20. The van der Waals surface area contributed by atoms with Gasteiger partial charge in [0.2, 0.25) is 5.91 Å². The fourth-order valence-electron chi connectivity index (χ4n) is 1.38. The van der Waals surface area contributed by atoms with Crippen molar-refractivity contribution in [2.45, 2.75) is 26.8 Å². The molecule has 0 aliphatic carbocycles. The minimum Gasteiger partial charge on any atom is -0.377 e. The second-order valence-corrected chi connectivity index (χ2v) is 3.39. The molecule has 13 heavy (non-hydrogen) atoms. The number of hydrogen-bond donors (Lipinski definition) is 0. The molecule has 1 saturated heterocycles. The zero-order valence-electron chi connectivity index (χ0n) is 8.54. The Morgan fingerprint density at radius 1 is 1.62 bits per heavy atom. The Morgan fingerprint density at radius 3 is 2.85 bits per heavy atom. The number of carbonyl (C=O) groups excluding carboxylic acids is 1. The Hall–Kier alpha value is -0.830. The number of morpholine rings is 1. The van der Waals surface area contributed by atoms with Gasteiger partial charge in [-0.05, 0) is 20.8 Å². The summed E-state index contributed by atoms with van der Waals surface area (Å²) < 4.78 is 5.26. The van der Waals surface area contributed by atoms with Gasteiger partial charge in [0.25, 0.3) is 0 Å². The normalized spacial score (nSPS) is 24.7. The van der Waals surface area contributed by atoms with Gasteiger partial charge >= 0.3 is 0 Å². The second kappa shape index (κ2) is 4.42.